The molecule has 0 fully saturated rings. The zero-order valence-electron chi connectivity index (χ0n) is 16.7. The number of hydrogen-bond acceptors (Lipinski definition) is 6. The summed E-state index contributed by atoms with van der Waals surface area (Å²) in [5, 5.41) is 10.9. The van der Waals surface area contributed by atoms with Crippen molar-refractivity contribution in [2.75, 3.05) is 10.6 Å². The number of carbonyl (C=O) groups excluding carboxylic acids is 1. The molecular formula is C23H19N7O. The van der Waals surface area contributed by atoms with Crippen LogP contribution in [0.25, 0.3) is 11.4 Å². The van der Waals surface area contributed by atoms with Crippen molar-refractivity contribution in [2.45, 2.75) is 13.0 Å². The molecule has 0 aliphatic carbocycles. The number of benzene rings is 1. The summed E-state index contributed by atoms with van der Waals surface area (Å²) in [5.74, 6) is 0.886. The van der Waals surface area contributed by atoms with Crippen LogP contribution < -0.4 is 10.6 Å². The average molecular weight is 409 g/mol. The first-order valence-electron chi connectivity index (χ1n) is 9.82. The molecule has 4 aromatic rings. The highest BCUT2D eigenvalue weighted by Gasteiger charge is 2.34. The number of nitrogens with one attached hydrogen (secondary N) is 2. The Morgan fingerprint density at radius 2 is 1.77 bits per heavy atom. The van der Waals surface area contributed by atoms with Gasteiger partial charge in [-0.15, -0.1) is 5.10 Å². The number of aromatic nitrogens is 5. The van der Waals surface area contributed by atoms with Crippen LogP contribution in [0.15, 0.2) is 90.7 Å². The summed E-state index contributed by atoms with van der Waals surface area (Å²) in [4.78, 5) is 26.2. The van der Waals surface area contributed by atoms with E-state index in [0.29, 0.717) is 28.7 Å². The number of hydrogen-bond donors (Lipinski definition) is 2. The SMILES string of the molecule is CC1=C(C(=O)Nc2cccnc2)C(c2ccccc2)n2nc(-c3cccnc3)nc2N1. The maximum absolute atomic E-state index is 13.3. The number of anilines is 2. The van der Waals surface area contributed by atoms with Gasteiger partial charge in [-0.05, 0) is 36.8 Å². The lowest BCUT2D eigenvalue weighted by Gasteiger charge is -2.28. The van der Waals surface area contributed by atoms with Gasteiger partial charge in [0.15, 0.2) is 5.82 Å². The summed E-state index contributed by atoms with van der Waals surface area (Å²) in [6.07, 6.45) is 6.70. The van der Waals surface area contributed by atoms with Gasteiger partial charge >= 0.3 is 0 Å². The monoisotopic (exact) mass is 409 g/mol. The fourth-order valence-corrected chi connectivity index (χ4v) is 3.64. The maximum atomic E-state index is 13.3. The van der Waals surface area contributed by atoms with Crippen molar-refractivity contribution in [3.63, 3.8) is 0 Å². The molecule has 5 rings (SSSR count). The molecule has 0 saturated carbocycles. The van der Waals surface area contributed by atoms with Crippen LogP contribution in [0.5, 0.6) is 0 Å². The molecule has 1 aliphatic rings. The smallest absolute Gasteiger partial charge is 0.255 e. The zero-order chi connectivity index (χ0) is 21.2. The van der Waals surface area contributed by atoms with E-state index < -0.39 is 6.04 Å². The van der Waals surface area contributed by atoms with Gasteiger partial charge in [0.2, 0.25) is 5.95 Å². The van der Waals surface area contributed by atoms with Crippen molar-refractivity contribution < 1.29 is 4.79 Å². The first-order valence-corrected chi connectivity index (χ1v) is 9.82. The molecule has 2 N–H and O–H groups in total. The van der Waals surface area contributed by atoms with Crippen molar-refractivity contribution in [2.24, 2.45) is 0 Å². The molecule has 4 heterocycles. The van der Waals surface area contributed by atoms with E-state index in [4.69, 9.17) is 5.10 Å². The molecule has 0 spiro atoms. The number of rotatable bonds is 4. The molecule has 1 unspecified atom stereocenters. The van der Waals surface area contributed by atoms with Crippen LogP contribution in [0, 0.1) is 0 Å². The van der Waals surface area contributed by atoms with Crippen molar-refractivity contribution in [1.29, 1.82) is 0 Å². The van der Waals surface area contributed by atoms with Gasteiger partial charge in [0, 0.05) is 29.9 Å². The van der Waals surface area contributed by atoms with Crippen LogP contribution in [0.1, 0.15) is 18.5 Å². The van der Waals surface area contributed by atoms with E-state index >= 15 is 0 Å². The topological polar surface area (TPSA) is 97.6 Å². The normalized spacial score (nSPS) is 15.2. The molecule has 1 aliphatic heterocycles. The highest BCUT2D eigenvalue weighted by atomic mass is 16.1. The molecular weight excluding hydrogens is 390 g/mol. The highest BCUT2D eigenvalue weighted by Crippen LogP contribution is 2.36. The summed E-state index contributed by atoms with van der Waals surface area (Å²) < 4.78 is 1.75. The van der Waals surface area contributed by atoms with Gasteiger partial charge < -0.3 is 10.6 Å². The van der Waals surface area contributed by atoms with E-state index in [0.717, 1.165) is 11.1 Å². The summed E-state index contributed by atoms with van der Waals surface area (Å²) in [6, 6.07) is 16.7. The second-order valence-corrected chi connectivity index (χ2v) is 7.12. The molecule has 8 heteroatoms. The molecule has 31 heavy (non-hydrogen) atoms. The average Bonchev–Trinajstić information content (AvgIpc) is 3.23. The Labute approximate surface area is 178 Å². The molecule has 152 valence electrons. The minimum atomic E-state index is -0.438. The summed E-state index contributed by atoms with van der Waals surface area (Å²) in [6.45, 7) is 1.87. The maximum Gasteiger partial charge on any atom is 0.255 e. The largest absolute Gasteiger partial charge is 0.328 e. The van der Waals surface area contributed by atoms with Gasteiger partial charge in [-0.1, -0.05) is 30.3 Å². The lowest BCUT2D eigenvalue weighted by molar-refractivity contribution is -0.113. The van der Waals surface area contributed by atoms with E-state index in [2.05, 4.69) is 25.6 Å². The molecule has 0 radical (unpaired) electrons. The molecule has 0 bridgehead atoms. The number of pyridine rings is 2. The lowest BCUT2D eigenvalue weighted by atomic mass is 9.95. The van der Waals surface area contributed by atoms with Crippen LogP contribution in [0.4, 0.5) is 11.6 Å². The van der Waals surface area contributed by atoms with E-state index in [-0.39, 0.29) is 5.91 Å². The van der Waals surface area contributed by atoms with E-state index in [1.54, 1.807) is 41.6 Å². The summed E-state index contributed by atoms with van der Waals surface area (Å²) in [5.41, 5.74) is 3.64. The lowest BCUT2D eigenvalue weighted by Crippen LogP contribution is -2.31. The third-order valence-electron chi connectivity index (χ3n) is 5.05. The summed E-state index contributed by atoms with van der Waals surface area (Å²) in [7, 11) is 0. The van der Waals surface area contributed by atoms with Gasteiger partial charge in [0.05, 0.1) is 17.5 Å². The highest BCUT2D eigenvalue weighted by molar-refractivity contribution is 6.05. The summed E-state index contributed by atoms with van der Waals surface area (Å²) >= 11 is 0. The Morgan fingerprint density at radius 1 is 1.00 bits per heavy atom. The fraction of sp³-hybridized carbons (Fsp3) is 0.0870. The van der Waals surface area contributed by atoms with E-state index in [9.17, 15) is 4.79 Å². The molecule has 3 aromatic heterocycles. The quantitative estimate of drug-likeness (QED) is 0.534. The molecule has 1 amide bonds. The Bertz CT molecular complexity index is 1250. The standard InChI is InChI=1S/C23H19N7O/c1-15-19(22(31)27-18-10-6-12-25-14-18)20(16-7-3-2-4-8-16)30-23(26-15)28-21(29-30)17-9-5-11-24-13-17/h2-14,20H,1H3,(H,27,31)(H,26,28,29). The van der Waals surface area contributed by atoms with Gasteiger partial charge in [-0.25, -0.2) is 4.68 Å². The number of carbonyl (C=O) groups is 1. The fourth-order valence-electron chi connectivity index (χ4n) is 3.64. The Morgan fingerprint density at radius 3 is 2.48 bits per heavy atom. The number of nitrogens with zero attached hydrogens (tertiary/aromatic N) is 5. The Kier molecular flexibility index (Phi) is 4.72. The molecule has 1 atom stereocenters. The first-order chi connectivity index (χ1) is 15.2. The van der Waals surface area contributed by atoms with Crippen LogP contribution in [-0.2, 0) is 4.79 Å². The second-order valence-electron chi connectivity index (χ2n) is 7.12. The van der Waals surface area contributed by atoms with Crippen LogP contribution >= 0.6 is 0 Å². The Hall–Kier alpha value is -4.33. The third kappa shape index (κ3) is 3.55. The molecule has 8 nitrogen and oxygen atoms in total. The van der Waals surface area contributed by atoms with Crippen LogP contribution in [0.2, 0.25) is 0 Å². The second kappa shape index (κ2) is 7.83. The van der Waals surface area contributed by atoms with Crippen LogP contribution in [0.3, 0.4) is 0 Å². The molecule has 0 saturated heterocycles. The number of allylic oxidation sites excluding steroid dienone is 1. The van der Waals surface area contributed by atoms with Crippen molar-refractivity contribution in [3.05, 3.63) is 96.2 Å². The minimum absolute atomic E-state index is 0.226. The van der Waals surface area contributed by atoms with Crippen molar-refractivity contribution >= 4 is 17.5 Å². The Balaban J connectivity index is 1.60. The third-order valence-corrected chi connectivity index (χ3v) is 5.05. The van der Waals surface area contributed by atoms with Gasteiger partial charge in [-0.3, -0.25) is 14.8 Å². The van der Waals surface area contributed by atoms with Gasteiger partial charge in [0.1, 0.15) is 6.04 Å². The predicted molar refractivity (Wildman–Crippen MR) is 117 cm³/mol. The first kappa shape index (κ1) is 18.7. The van der Waals surface area contributed by atoms with Gasteiger partial charge in [0.25, 0.3) is 5.91 Å². The van der Waals surface area contributed by atoms with E-state index in [1.165, 1.54) is 0 Å². The predicted octanol–water partition coefficient (Wildman–Crippen LogP) is 3.66. The molecule has 1 aromatic carbocycles. The van der Waals surface area contributed by atoms with Crippen molar-refractivity contribution in [1.82, 2.24) is 24.7 Å². The number of amides is 1. The number of fused-ring (bicyclic) bond motifs is 1. The van der Waals surface area contributed by atoms with Gasteiger partial charge in [-0.2, -0.15) is 4.98 Å². The van der Waals surface area contributed by atoms with Crippen LogP contribution in [-0.4, -0.2) is 30.6 Å². The minimum Gasteiger partial charge on any atom is -0.328 e. The van der Waals surface area contributed by atoms with Crippen molar-refractivity contribution in [3.8, 4) is 11.4 Å². The van der Waals surface area contributed by atoms with E-state index in [1.807, 2.05) is 49.4 Å². The zero-order valence-corrected chi connectivity index (χ0v) is 16.7.